The second kappa shape index (κ2) is 7.96. The third-order valence-electron chi connectivity index (χ3n) is 4.07. The summed E-state index contributed by atoms with van der Waals surface area (Å²) in [6, 6.07) is 2.26. The van der Waals surface area contributed by atoms with E-state index in [0.717, 1.165) is 19.3 Å². The van der Waals surface area contributed by atoms with Crippen LogP contribution in [0.3, 0.4) is 0 Å². The van der Waals surface area contributed by atoms with Gasteiger partial charge in [0.2, 0.25) is 5.95 Å². The maximum Gasteiger partial charge on any atom is 0.270 e. The van der Waals surface area contributed by atoms with E-state index in [1.54, 1.807) is 12.3 Å². The molecule has 0 saturated heterocycles. The first-order chi connectivity index (χ1) is 10.2. The van der Waals surface area contributed by atoms with E-state index in [2.05, 4.69) is 34.4 Å². The normalized spacial score (nSPS) is 17.8. The fourth-order valence-corrected chi connectivity index (χ4v) is 2.56. The summed E-state index contributed by atoms with van der Waals surface area (Å²) in [4.78, 5) is 20.8. The molecule has 0 bridgehead atoms. The molecule has 2 N–H and O–H groups in total. The summed E-state index contributed by atoms with van der Waals surface area (Å²) in [6.07, 6.45) is 9.75. The van der Waals surface area contributed by atoms with Crippen molar-refractivity contribution in [3.05, 3.63) is 18.0 Å². The van der Waals surface area contributed by atoms with E-state index in [-0.39, 0.29) is 5.91 Å². The van der Waals surface area contributed by atoms with E-state index >= 15 is 0 Å². The Kier molecular flexibility index (Phi) is 5.96. The molecule has 116 valence electrons. The summed E-state index contributed by atoms with van der Waals surface area (Å²) in [5.74, 6) is 0.439. The Morgan fingerprint density at radius 2 is 2.05 bits per heavy atom. The molecule has 1 aromatic rings. The predicted octanol–water partition coefficient (Wildman–Crippen LogP) is 3.14. The zero-order valence-corrected chi connectivity index (χ0v) is 13.1. The van der Waals surface area contributed by atoms with Gasteiger partial charge in [0.25, 0.3) is 5.91 Å². The van der Waals surface area contributed by atoms with E-state index in [1.165, 1.54) is 25.7 Å². The molecule has 1 heterocycles. The van der Waals surface area contributed by atoms with Gasteiger partial charge in [0.05, 0.1) is 0 Å². The molecule has 1 aliphatic rings. The molecule has 0 radical (unpaired) electrons. The highest BCUT2D eigenvalue weighted by molar-refractivity contribution is 5.92. The van der Waals surface area contributed by atoms with Crippen LogP contribution in [0.1, 0.15) is 69.3 Å². The Morgan fingerprint density at radius 1 is 1.33 bits per heavy atom. The molecule has 1 unspecified atom stereocenters. The molecule has 1 saturated carbocycles. The van der Waals surface area contributed by atoms with Gasteiger partial charge in [-0.1, -0.05) is 32.6 Å². The van der Waals surface area contributed by atoms with Crippen molar-refractivity contribution in [3.8, 4) is 0 Å². The number of nitrogens with one attached hydrogen (secondary N) is 2. The molecular weight excluding hydrogens is 264 g/mol. The molecule has 1 aromatic heterocycles. The second-order valence-electron chi connectivity index (χ2n) is 5.88. The monoisotopic (exact) mass is 290 g/mol. The van der Waals surface area contributed by atoms with Gasteiger partial charge in [0.1, 0.15) is 5.69 Å². The van der Waals surface area contributed by atoms with Gasteiger partial charge in [-0.2, -0.15) is 0 Å². The summed E-state index contributed by atoms with van der Waals surface area (Å²) in [7, 11) is 0. The number of hydrogen-bond donors (Lipinski definition) is 2. The Morgan fingerprint density at radius 3 is 2.71 bits per heavy atom. The molecule has 1 aliphatic carbocycles. The van der Waals surface area contributed by atoms with Crippen molar-refractivity contribution >= 4 is 11.9 Å². The summed E-state index contributed by atoms with van der Waals surface area (Å²) >= 11 is 0. The van der Waals surface area contributed by atoms with E-state index in [9.17, 15) is 4.79 Å². The number of carbonyl (C=O) groups excluding carboxylic acids is 1. The Bertz CT molecular complexity index is 455. The lowest BCUT2D eigenvalue weighted by Gasteiger charge is -2.16. The van der Waals surface area contributed by atoms with Gasteiger partial charge < -0.3 is 10.6 Å². The SMILES string of the molecule is CCC(C)Nc1nccc(C(=O)NC2CCCCCC2)n1. The van der Waals surface area contributed by atoms with Gasteiger partial charge >= 0.3 is 0 Å². The van der Waals surface area contributed by atoms with Crippen LogP contribution in [-0.4, -0.2) is 28.0 Å². The summed E-state index contributed by atoms with van der Waals surface area (Å²) in [6.45, 7) is 4.17. The van der Waals surface area contributed by atoms with E-state index in [1.807, 2.05) is 0 Å². The fourth-order valence-electron chi connectivity index (χ4n) is 2.56. The smallest absolute Gasteiger partial charge is 0.270 e. The lowest BCUT2D eigenvalue weighted by atomic mass is 10.1. The third-order valence-corrected chi connectivity index (χ3v) is 4.07. The Hall–Kier alpha value is -1.65. The first-order valence-electron chi connectivity index (χ1n) is 8.09. The zero-order valence-electron chi connectivity index (χ0n) is 13.1. The molecule has 2 rings (SSSR count). The van der Waals surface area contributed by atoms with E-state index in [4.69, 9.17) is 0 Å². The Labute approximate surface area is 127 Å². The number of hydrogen-bond acceptors (Lipinski definition) is 4. The van der Waals surface area contributed by atoms with Crippen LogP contribution in [-0.2, 0) is 0 Å². The predicted molar refractivity (Wildman–Crippen MR) is 84.4 cm³/mol. The highest BCUT2D eigenvalue weighted by Crippen LogP contribution is 2.17. The van der Waals surface area contributed by atoms with Gasteiger partial charge in [0.15, 0.2) is 0 Å². The number of carbonyl (C=O) groups is 1. The molecule has 21 heavy (non-hydrogen) atoms. The van der Waals surface area contributed by atoms with Crippen molar-refractivity contribution in [2.45, 2.75) is 70.9 Å². The summed E-state index contributed by atoms with van der Waals surface area (Å²) in [5.41, 5.74) is 0.444. The number of anilines is 1. The molecule has 0 spiro atoms. The van der Waals surface area contributed by atoms with E-state index in [0.29, 0.717) is 23.7 Å². The van der Waals surface area contributed by atoms with Gasteiger partial charge in [0, 0.05) is 18.3 Å². The highest BCUT2D eigenvalue weighted by atomic mass is 16.1. The van der Waals surface area contributed by atoms with E-state index < -0.39 is 0 Å². The standard InChI is InChI=1S/C16H26N4O/c1-3-12(2)18-16-17-11-10-14(20-16)15(21)19-13-8-6-4-5-7-9-13/h10-13H,3-9H2,1-2H3,(H,19,21)(H,17,18,20). The average Bonchev–Trinajstić information content (AvgIpc) is 2.76. The molecule has 5 nitrogen and oxygen atoms in total. The topological polar surface area (TPSA) is 66.9 Å². The van der Waals surface area contributed by atoms with Crippen molar-refractivity contribution in [2.75, 3.05) is 5.32 Å². The second-order valence-corrected chi connectivity index (χ2v) is 5.88. The lowest BCUT2D eigenvalue weighted by Crippen LogP contribution is -2.35. The van der Waals surface area contributed by atoms with Crippen molar-refractivity contribution < 1.29 is 4.79 Å². The van der Waals surface area contributed by atoms with Crippen LogP contribution in [0.2, 0.25) is 0 Å². The minimum atomic E-state index is -0.0866. The maximum absolute atomic E-state index is 12.3. The largest absolute Gasteiger partial charge is 0.352 e. The first-order valence-corrected chi connectivity index (χ1v) is 8.09. The fraction of sp³-hybridized carbons (Fsp3) is 0.688. The van der Waals surface area contributed by atoms with Crippen LogP contribution in [0.4, 0.5) is 5.95 Å². The molecule has 1 atom stereocenters. The Balaban J connectivity index is 1.96. The molecule has 5 heteroatoms. The molecule has 1 fully saturated rings. The van der Waals surface area contributed by atoms with Gasteiger partial charge in [-0.3, -0.25) is 4.79 Å². The third kappa shape index (κ3) is 4.99. The van der Waals surface area contributed by atoms with Crippen LogP contribution in [0.25, 0.3) is 0 Å². The average molecular weight is 290 g/mol. The minimum absolute atomic E-state index is 0.0866. The lowest BCUT2D eigenvalue weighted by molar-refractivity contribution is 0.0928. The van der Waals surface area contributed by atoms with Crippen LogP contribution >= 0.6 is 0 Å². The first kappa shape index (κ1) is 15.7. The minimum Gasteiger partial charge on any atom is -0.352 e. The van der Waals surface area contributed by atoms with Crippen LogP contribution < -0.4 is 10.6 Å². The van der Waals surface area contributed by atoms with Gasteiger partial charge in [-0.05, 0) is 32.3 Å². The van der Waals surface area contributed by atoms with Crippen molar-refractivity contribution in [3.63, 3.8) is 0 Å². The van der Waals surface area contributed by atoms with Crippen LogP contribution in [0.5, 0.6) is 0 Å². The van der Waals surface area contributed by atoms with Gasteiger partial charge in [-0.25, -0.2) is 9.97 Å². The number of aromatic nitrogens is 2. The van der Waals surface area contributed by atoms with Crippen LogP contribution in [0, 0.1) is 0 Å². The quantitative estimate of drug-likeness (QED) is 0.818. The van der Waals surface area contributed by atoms with Crippen molar-refractivity contribution in [1.82, 2.24) is 15.3 Å². The van der Waals surface area contributed by atoms with Crippen molar-refractivity contribution in [2.24, 2.45) is 0 Å². The number of rotatable bonds is 5. The van der Waals surface area contributed by atoms with Gasteiger partial charge in [-0.15, -0.1) is 0 Å². The van der Waals surface area contributed by atoms with Crippen LogP contribution in [0.15, 0.2) is 12.3 Å². The number of nitrogens with zero attached hydrogens (tertiary/aromatic N) is 2. The highest BCUT2D eigenvalue weighted by Gasteiger charge is 2.17. The number of amides is 1. The van der Waals surface area contributed by atoms with Crippen molar-refractivity contribution in [1.29, 1.82) is 0 Å². The summed E-state index contributed by atoms with van der Waals surface area (Å²) < 4.78 is 0. The molecule has 0 aromatic carbocycles. The maximum atomic E-state index is 12.3. The zero-order chi connectivity index (χ0) is 15.1. The summed E-state index contributed by atoms with van der Waals surface area (Å²) in [5, 5.41) is 6.31. The molecular formula is C16H26N4O. The molecule has 0 aliphatic heterocycles. The molecule has 1 amide bonds.